The van der Waals surface area contributed by atoms with Crippen molar-refractivity contribution in [2.24, 2.45) is 0 Å². The van der Waals surface area contributed by atoms with Crippen LogP contribution in [0.3, 0.4) is 0 Å². The van der Waals surface area contributed by atoms with Gasteiger partial charge >= 0.3 is 0 Å². The van der Waals surface area contributed by atoms with Crippen LogP contribution in [0.25, 0.3) is 0 Å². The number of para-hydroxylation sites is 1. The summed E-state index contributed by atoms with van der Waals surface area (Å²) in [6.45, 7) is 4.97. The van der Waals surface area contributed by atoms with Gasteiger partial charge in [0.2, 0.25) is 5.91 Å². The fraction of sp³-hybridized carbons (Fsp3) is 0.350. The Balaban J connectivity index is 1.70. The maximum absolute atomic E-state index is 13.0. The van der Waals surface area contributed by atoms with Gasteiger partial charge in [0.1, 0.15) is 0 Å². The van der Waals surface area contributed by atoms with Gasteiger partial charge in [-0.3, -0.25) is 9.69 Å². The van der Waals surface area contributed by atoms with E-state index in [1.54, 1.807) is 0 Å². The number of morpholine rings is 1. The molecule has 0 atom stereocenters. The highest BCUT2D eigenvalue weighted by atomic mass is 79.9. The van der Waals surface area contributed by atoms with Gasteiger partial charge in [-0.2, -0.15) is 0 Å². The first-order valence-electron chi connectivity index (χ1n) is 8.62. The number of benzene rings is 2. The summed E-state index contributed by atoms with van der Waals surface area (Å²) in [4.78, 5) is 17.2. The number of rotatable bonds is 6. The van der Waals surface area contributed by atoms with Crippen LogP contribution >= 0.6 is 15.9 Å². The molecule has 1 aliphatic rings. The molecule has 2 aromatic rings. The predicted molar refractivity (Wildman–Crippen MR) is 104 cm³/mol. The quantitative estimate of drug-likeness (QED) is 0.742. The Morgan fingerprint density at radius 2 is 1.84 bits per heavy atom. The van der Waals surface area contributed by atoms with Gasteiger partial charge < -0.3 is 9.64 Å². The fourth-order valence-corrected chi connectivity index (χ4v) is 3.44. The lowest BCUT2D eigenvalue weighted by atomic mass is 10.1. The van der Waals surface area contributed by atoms with Crippen LogP contribution in [0.5, 0.6) is 0 Å². The first kappa shape index (κ1) is 18.1. The van der Waals surface area contributed by atoms with Crippen molar-refractivity contribution in [2.45, 2.75) is 6.42 Å². The second-order valence-corrected chi connectivity index (χ2v) is 7.06. The van der Waals surface area contributed by atoms with Crippen LogP contribution in [-0.4, -0.2) is 50.2 Å². The van der Waals surface area contributed by atoms with E-state index < -0.39 is 0 Å². The van der Waals surface area contributed by atoms with Crippen LogP contribution in [-0.2, 0) is 16.0 Å². The molecule has 0 bridgehead atoms. The average molecular weight is 403 g/mol. The normalized spacial score (nSPS) is 15.1. The minimum Gasteiger partial charge on any atom is -0.379 e. The fourth-order valence-electron chi connectivity index (χ4n) is 2.99. The summed E-state index contributed by atoms with van der Waals surface area (Å²) >= 11 is 3.47. The summed E-state index contributed by atoms with van der Waals surface area (Å²) in [6, 6.07) is 17.9. The zero-order chi connectivity index (χ0) is 17.5. The Bertz CT molecular complexity index is 687. The smallest absolute Gasteiger partial charge is 0.231 e. The van der Waals surface area contributed by atoms with Crippen molar-refractivity contribution in [3.63, 3.8) is 0 Å². The number of hydrogen-bond donors (Lipinski definition) is 0. The van der Waals surface area contributed by atoms with Crippen molar-refractivity contribution in [3.05, 3.63) is 64.6 Å². The van der Waals surface area contributed by atoms with Crippen LogP contribution in [0, 0.1) is 0 Å². The molecule has 1 amide bonds. The van der Waals surface area contributed by atoms with Crippen molar-refractivity contribution in [3.8, 4) is 0 Å². The van der Waals surface area contributed by atoms with Crippen LogP contribution < -0.4 is 4.90 Å². The van der Waals surface area contributed by atoms with E-state index in [9.17, 15) is 4.79 Å². The van der Waals surface area contributed by atoms with E-state index >= 15 is 0 Å². The number of carbonyl (C=O) groups is 1. The lowest BCUT2D eigenvalue weighted by Gasteiger charge is -2.30. The summed E-state index contributed by atoms with van der Waals surface area (Å²) in [5.74, 6) is 0.123. The zero-order valence-electron chi connectivity index (χ0n) is 14.2. The molecule has 0 N–H and O–H groups in total. The van der Waals surface area contributed by atoms with E-state index in [4.69, 9.17) is 4.74 Å². The molecular formula is C20H23BrN2O2. The number of hydrogen-bond acceptors (Lipinski definition) is 3. The maximum Gasteiger partial charge on any atom is 0.231 e. The molecule has 132 valence electrons. The van der Waals surface area contributed by atoms with Gasteiger partial charge in [-0.1, -0.05) is 46.3 Å². The highest BCUT2D eigenvalue weighted by Gasteiger charge is 2.18. The number of carbonyl (C=O) groups excluding carboxylic acids is 1. The summed E-state index contributed by atoms with van der Waals surface area (Å²) < 4.78 is 6.40. The molecule has 1 fully saturated rings. The lowest BCUT2D eigenvalue weighted by molar-refractivity contribution is -0.118. The molecule has 5 heteroatoms. The third kappa shape index (κ3) is 5.39. The summed E-state index contributed by atoms with van der Waals surface area (Å²) in [7, 11) is 0. The molecule has 3 rings (SSSR count). The zero-order valence-corrected chi connectivity index (χ0v) is 15.8. The molecule has 0 radical (unpaired) electrons. The molecule has 0 unspecified atom stereocenters. The minimum atomic E-state index is 0.123. The largest absolute Gasteiger partial charge is 0.379 e. The monoisotopic (exact) mass is 402 g/mol. The number of ether oxygens (including phenoxy) is 1. The van der Waals surface area contributed by atoms with Gasteiger partial charge in [0, 0.05) is 36.3 Å². The van der Waals surface area contributed by atoms with Crippen LogP contribution in [0.4, 0.5) is 5.69 Å². The number of anilines is 1. The molecule has 25 heavy (non-hydrogen) atoms. The van der Waals surface area contributed by atoms with Crippen molar-refractivity contribution in [1.82, 2.24) is 4.90 Å². The Morgan fingerprint density at radius 1 is 1.08 bits per heavy atom. The Morgan fingerprint density at radius 3 is 2.56 bits per heavy atom. The molecule has 4 nitrogen and oxygen atoms in total. The van der Waals surface area contributed by atoms with Gasteiger partial charge in [-0.15, -0.1) is 0 Å². The van der Waals surface area contributed by atoms with Gasteiger partial charge in [-0.25, -0.2) is 0 Å². The van der Waals surface area contributed by atoms with E-state index in [-0.39, 0.29) is 5.91 Å². The predicted octanol–water partition coefficient (Wildman–Crippen LogP) is 3.36. The molecule has 1 saturated heterocycles. The third-order valence-corrected chi connectivity index (χ3v) is 4.85. The molecule has 0 aliphatic carbocycles. The standard InChI is InChI=1S/C20H23BrN2O2/c21-18-6-4-5-17(15-18)16-20(24)23(19-7-2-1-3-8-19)10-9-22-11-13-25-14-12-22/h1-8,15H,9-14,16H2. The summed E-state index contributed by atoms with van der Waals surface area (Å²) in [5.41, 5.74) is 1.97. The van der Waals surface area contributed by atoms with Gasteiger partial charge in [0.25, 0.3) is 0 Å². The summed E-state index contributed by atoms with van der Waals surface area (Å²) in [6.07, 6.45) is 0.400. The molecule has 0 spiro atoms. The van der Waals surface area contributed by atoms with Gasteiger partial charge in [0.05, 0.1) is 19.6 Å². The van der Waals surface area contributed by atoms with Crippen molar-refractivity contribution < 1.29 is 9.53 Å². The van der Waals surface area contributed by atoms with Crippen molar-refractivity contribution >= 4 is 27.5 Å². The lowest BCUT2D eigenvalue weighted by Crippen LogP contribution is -2.43. The number of nitrogens with zero attached hydrogens (tertiary/aromatic N) is 2. The Labute approximate surface area is 157 Å². The van der Waals surface area contributed by atoms with Crippen molar-refractivity contribution in [1.29, 1.82) is 0 Å². The van der Waals surface area contributed by atoms with Gasteiger partial charge in [0.15, 0.2) is 0 Å². The first-order chi connectivity index (χ1) is 12.2. The highest BCUT2D eigenvalue weighted by Crippen LogP contribution is 2.17. The van der Waals surface area contributed by atoms with Crippen LogP contribution in [0.15, 0.2) is 59.1 Å². The van der Waals surface area contributed by atoms with E-state index in [2.05, 4.69) is 20.8 Å². The van der Waals surface area contributed by atoms with E-state index in [1.807, 2.05) is 59.5 Å². The molecule has 0 aromatic heterocycles. The molecule has 1 aliphatic heterocycles. The minimum absolute atomic E-state index is 0.123. The van der Waals surface area contributed by atoms with Gasteiger partial charge in [-0.05, 0) is 29.8 Å². The SMILES string of the molecule is O=C(Cc1cccc(Br)c1)N(CCN1CCOCC1)c1ccccc1. The molecular weight excluding hydrogens is 380 g/mol. The average Bonchev–Trinajstić information content (AvgIpc) is 2.64. The number of amides is 1. The van der Waals surface area contributed by atoms with Crippen molar-refractivity contribution in [2.75, 3.05) is 44.3 Å². The van der Waals surface area contributed by atoms with E-state index in [0.717, 1.165) is 48.6 Å². The first-order valence-corrected chi connectivity index (χ1v) is 9.41. The van der Waals surface area contributed by atoms with E-state index in [1.165, 1.54) is 0 Å². The summed E-state index contributed by atoms with van der Waals surface area (Å²) in [5, 5.41) is 0. The van der Waals surface area contributed by atoms with E-state index in [0.29, 0.717) is 13.0 Å². The highest BCUT2D eigenvalue weighted by molar-refractivity contribution is 9.10. The maximum atomic E-state index is 13.0. The molecule has 1 heterocycles. The third-order valence-electron chi connectivity index (χ3n) is 4.36. The number of halogens is 1. The van der Waals surface area contributed by atoms with Crippen LogP contribution in [0.1, 0.15) is 5.56 Å². The second kappa shape index (κ2) is 9.13. The molecule has 0 saturated carbocycles. The Kier molecular flexibility index (Phi) is 6.62. The van der Waals surface area contributed by atoms with Crippen LogP contribution in [0.2, 0.25) is 0 Å². The Hall–Kier alpha value is -1.69. The molecule has 2 aromatic carbocycles. The second-order valence-electron chi connectivity index (χ2n) is 6.14. The topological polar surface area (TPSA) is 32.8 Å².